The molecular formula is C18H11F3O. The van der Waals surface area contributed by atoms with Gasteiger partial charge in [-0.3, -0.25) is 0 Å². The van der Waals surface area contributed by atoms with Crippen molar-refractivity contribution in [3.05, 3.63) is 78.1 Å². The van der Waals surface area contributed by atoms with Crippen molar-refractivity contribution in [3.8, 4) is 28.0 Å². The number of hydrogen-bond acceptors (Lipinski definition) is 1. The van der Waals surface area contributed by atoms with Crippen molar-refractivity contribution in [1.82, 2.24) is 0 Å². The first-order valence-electron chi connectivity index (χ1n) is 6.59. The third kappa shape index (κ3) is 2.68. The van der Waals surface area contributed by atoms with Crippen molar-refractivity contribution in [2.75, 3.05) is 0 Å². The monoisotopic (exact) mass is 300 g/mol. The van der Waals surface area contributed by atoms with Gasteiger partial charge in [0.1, 0.15) is 5.75 Å². The molecule has 0 saturated heterocycles. The Balaban J connectivity index is 1.96. The zero-order chi connectivity index (χ0) is 15.7. The van der Waals surface area contributed by atoms with Crippen LogP contribution in [0.25, 0.3) is 22.3 Å². The van der Waals surface area contributed by atoms with E-state index in [0.29, 0.717) is 5.56 Å². The molecule has 3 rings (SSSR count). The summed E-state index contributed by atoms with van der Waals surface area (Å²) in [7, 11) is 0. The first kappa shape index (κ1) is 14.2. The smallest absolute Gasteiger partial charge is 0.194 e. The van der Waals surface area contributed by atoms with E-state index in [1.165, 1.54) is 0 Å². The van der Waals surface area contributed by atoms with Crippen LogP contribution in [0.4, 0.5) is 13.2 Å². The largest absolute Gasteiger partial charge is 0.508 e. The first-order chi connectivity index (χ1) is 10.5. The van der Waals surface area contributed by atoms with Gasteiger partial charge in [0.05, 0.1) is 0 Å². The highest BCUT2D eigenvalue weighted by molar-refractivity contribution is 5.70. The highest BCUT2D eigenvalue weighted by atomic mass is 19.2. The van der Waals surface area contributed by atoms with E-state index in [0.717, 1.165) is 23.3 Å². The highest BCUT2D eigenvalue weighted by Crippen LogP contribution is 2.27. The summed E-state index contributed by atoms with van der Waals surface area (Å²) in [6.45, 7) is 0. The lowest BCUT2D eigenvalue weighted by molar-refractivity contribution is 0.448. The van der Waals surface area contributed by atoms with Crippen LogP contribution in [0.5, 0.6) is 5.75 Å². The van der Waals surface area contributed by atoms with E-state index < -0.39 is 17.5 Å². The average molecular weight is 300 g/mol. The van der Waals surface area contributed by atoms with Crippen molar-refractivity contribution >= 4 is 0 Å². The Morgan fingerprint density at radius 3 is 1.36 bits per heavy atom. The predicted molar refractivity (Wildman–Crippen MR) is 78.9 cm³/mol. The summed E-state index contributed by atoms with van der Waals surface area (Å²) >= 11 is 0. The maximum Gasteiger partial charge on any atom is 0.194 e. The minimum atomic E-state index is -1.47. The Labute approximate surface area is 125 Å². The summed E-state index contributed by atoms with van der Waals surface area (Å²) in [5.41, 5.74) is 2.65. The fourth-order valence-electron chi connectivity index (χ4n) is 2.23. The molecule has 0 amide bonds. The SMILES string of the molecule is Oc1ccc(-c2ccc(-c3cc(F)c(F)c(F)c3)cc2)cc1. The van der Waals surface area contributed by atoms with Gasteiger partial charge in [-0.2, -0.15) is 0 Å². The third-order valence-corrected chi connectivity index (χ3v) is 3.40. The van der Waals surface area contributed by atoms with E-state index in [1.807, 2.05) is 0 Å². The molecule has 0 heterocycles. The van der Waals surface area contributed by atoms with Crippen molar-refractivity contribution in [3.63, 3.8) is 0 Å². The van der Waals surface area contributed by atoms with E-state index in [2.05, 4.69) is 0 Å². The third-order valence-electron chi connectivity index (χ3n) is 3.40. The summed E-state index contributed by atoms with van der Waals surface area (Å²) in [6, 6.07) is 15.6. The lowest BCUT2D eigenvalue weighted by atomic mass is 10.00. The van der Waals surface area contributed by atoms with Gasteiger partial charge in [0, 0.05) is 0 Å². The molecule has 0 fully saturated rings. The maximum atomic E-state index is 13.3. The van der Waals surface area contributed by atoms with E-state index in [9.17, 15) is 18.3 Å². The Kier molecular flexibility index (Phi) is 3.59. The Bertz CT molecular complexity index is 786. The fraction of sp³-hybridized carbons (Fsp3) is 0. The zero-order valence-electron chi connectivity index (χ0n) is 11.4. The summed E-state index contributed by atoms with van der Waals surface area (Å²) in [6.07, 6.45) is 0. The molecule has 0 aliphatic heterocycles. The van der Waals surface area contributed by atoms with Crippen molar-refractivity contribution < 1.29 is 18.3 Å². The van der Waals surface area contributed by atoms with Crippen molar-refractivity contribution in [2.24, 2.45) is 0 Å². The molecule has 0 aliphatic carbocycles. The van der Waals surface area contributed by atoms with Crippen LogP contribution >= 0.6 is 0 Å². The molecule has 1 N–H and O–H groups in total. The molecular weight excluding hydrogens is 289 g/mol. The van der Waals surface area contributed by atoms with Crippen LogP contribution in [0.15, 0.2) is 60.7 Å². The van der Waals surface area contributed by atoms with Gasteiger partial charge in [-0.05, 0) is 46.5 Å². The molecule has 0 aliphatic rings. The van der Waals surface area contributed by atoms with Crippen LogP contribution in [-0.4, -0.2) is 5.11 Å². The molecule has 0 unspecified atom stereocenters. The lowest BCUT2D eigenvalue weighted by Crippen LogP contribution is -1.91. The number of phenolic OH excluding ortho intramolecular Hbond substituents is 1. The second-order valence-corrected chi connectivity index (χ2v) is 4.88. The molecule has 4 heteroatoms. The van der Waals surface area contributed by atoms with Crippen LogP contribution in [0.1, 0.15) is 0 Å². The van der Waals surface area contributed by atoms with Gasteiger partial charge in [0.15, 0.2) is 17.5 Å². The molecule has 0 saturated carbocycles. The Hall–Kier alpha value is -2.75. The van der Waals surface area contributed by atoms with Crippen LogP contribution in [0, 0.1) is 17.5 Å². The van der Waals surface area contributed by atoms with E-state index in [1.54, 1.807) is 48.5 Å². The number of halogens is 3. The van der Waals surface area contributed by atoms with Gasteiger partial charge in [-0.15, -0.1) is 0 Å². The van der Waals surface area contributed by atoms with Crippen LogP contribution in [-0.2, 0) is 0 Å². The van der Waals surface area contributed by atoms with Crippen LogP contribution in [0.2, 0.25) is 0 Å². The maximum absolute atomic E-state index is 13.3. The molecule has 0 atom stereocenters. The molecule has 0 aromatic heterocycles. The molecule has 3 aromatic rings. The average Bonchev–Trinajstić information content (AvgIpc) is 2.53. The standard InChI is InChI=1S/C18H11F3O/c19-16-9-14(10-17(20)18(16)21)13-3-1-11(2-4-13)12-5-7-15(22)8-6-12/h1-10,22H. The normalized spacial score (nSPS) is 10.7. The second kappa shape index (κ2) is 5.56. The van der Waals surface area contributed by atoms with Gasteiger partial charge in [0.2, 0.25) is 0 Å². The van der Waals surface area contributed by atoms with Gasteiger partial charge in [-0.1, -0.05) is 36.4 Å². The van der Waals surface area contributed by atoms with Crippen LogP contribution < -0.4 is 0 Å². The zero-order valence-corrected chi connectivity index (χ0v) is 11.4. The minimum Gasteiger partial charge on any atom is -0.508 e. The summed E-state index contributed by atoms with van der Waals surface area (Å²) in [4.78, 5) is 0. The Morgan fingerprint density at radius 1 is 0.545 bits per heavy atom. The summed E-state index contributed by atoms with van der Waals surface area (Å²) in [5.74, 6) is -3.71. The fourth-order valence-corrected chi connectivity index (χ4v) is 2.23. The molecule has 22 heavy (non-hydrogen) atoms. The second-order valence-electron chi connectivity index (χ2n) is 4.88. The lowest BCUT2D eigenvalue weighted by Gasteiger charge is -2.06. The van der Waals surface area contributed by atoms with Gasteiger partial charge in [0.25, 0.3) is 0 Å². The predicted octanol–water partition coefficient (Wildman–Crippen LogP) is 5.14. The number of benzene rings is 3. The molecule has 0 spiro atoms. The minimum absolute atomic E-state index is 0.178. The quantitative estimate of drug-likeness (QED) is 0.649. The van der Waals surface area contributed by atoms with Crippen LogP contribution in [0.3, 0.4) is 0 Å². The first-order valence-corrected chi connectivity index (χ1v) is 6.59. The van der Waals surface area contributed by atoms with Gasteiger partial charge >= 0.3 is 0 Å². The molecule has 0 radical (unpaired) electrons. The van der Waals surface area contributed by atoms with Crippen molar-refractivity contribution in [2.45, 2.75) is 0 Å². The number of phenols is 1. The number of rotatable bonds is 2. The topological polar surface area (TPSA) is 20.2 Å². The molecule has 110 valence electrons. The highest BCUT2D eigenvalue weighted by Gasteiger charge is 2.11. The number of hydrogen-bond donors (Lipinski definition) is 1. The van der Waals surface area contributed by atoms with Crippen molar-refractivity contribution in [1.29, 1.82) is 0 Å². The van der Waals surface area contributed by atoms with E-state index >= 15 is 0 Å². The summed E-state index contributed by atoms with van der Waals surface area (Å²) in [5, 5.41) is 9.27. The molecule has 3 aromatic carbocycles. The van der Waals surface area contributed by atoms with Gasteiger partial charge in [-0.25, -0.2) is 13.2 Å². The molecule has 0 bridgehead atoms. The number of aromatic hydroxyl groups is 1. The molecule has 1 nitrogen and oxygen atoms in total. The van der Waals surface area contributed by atoms with Gasteiger partial charge < -0.3 is 5.11 Å². The van der Waals surface area contributed by atoms with E-state index in [4.69, 9.17) is 0 Å². The van der Waals surface area contributed by atoms with E-state index in [-0.39, 0.29) is 11.3 Å². The summed E-state index contributed by atoms with van der Waals surface area (Å²) < 4.78 is 39.5. The Morgan fingerprint density at radius 2 is 0.909 bits per heavy atom.